The molecule has 0 unspecified atom stereocenters. The number of hydrogen-bond donors (Lipinski definition) is 1. The zero-order valence-electron chi connectivity index (χ0n) is 10.3. The first-order chi connectivity index (χ1) is 9.13. The van der Waals surface area contributed by atoms with E-state index in [2.05, 4.69) is 4.89 Å². The fraction of sp³-hybridized carbons (Fsp3) is 0.0667. The molecule has 0 bridgehead atoms. The molecule has 0 aliphatic heterocycles. The molecule has 0 aliphatic rings. The van der Waals surface area contributed by atoms with Gasteiger partial charge in [-0.2, -0.15) is 5.26 Å². The minimum Gasteiger partial charge on any atom is -0.296 e. The van der Waals surface area contributed by atoms with Gasteiger partial charge in [0.2, 0.25) is 0 Å². The largest absolute Gasteiger partial charge is 0.372 e. The van der Waals surface area contributed by atoms with Gasteiger partial charge >= 0.3 is 5.97 Å². The summed E-state index contributed by atoms with van der Waals surface area (Å²) < 4.78 is 0. The number of ketones is 1. The topological polar surface area (TPSA) is 63.6 Å². The van der Waals surface area contributed by atoms with E-state index in [0.29, 0.717) is 11.1 Å². The molecule has 0 atom stereocenters. The lowest BCUT2D eigenvalue weighted by molar-refractivity contribution is -0.182. The number of carbonyl (C=O) groups excluding carboxylic acids is 2. The van der Waals surface area contributed by atoms with Crippen LogP contribution >= 0.6 is 0 Å². The van der Waals surface area contributed by atoms with Crippen molar-refractivity contribution in [1.82, 2.24) is 0 Å². The lowest BCUT2D eigenvalue weighted by Crippen LogP contribution is -2.07. The number of carbonyl (C=O) groups is 2. The second-order valence-corrected chi connectivity index (χ2v) is 4.10. The van der Waals surface area contributed by atoms with Crippen LogP contribution in [0, 0.1) is 6.92 Å². The molecular weight excluding hydrogens is 244 g/mol. The molecule has 0 saturated heterocycles. The van der Waals surface area contributed by atoms with Gasteiger partial charge in [-0.1, -0.05) is 36.4 Å². The zero-order chi connectivity index (χ0) is 13.8. The third-order valence-corrected chi connectivity index (χ3v) is 2.83. The molecular formula is C15H12O4. The van der Waals surface area contributed by atoms with Crippen molar-refractivity contribution < 1.29 is 19.7 Å². The van der Waals surface area contributed by atoms with Crippen molar-refractivity contribution in [3.05, 3.63) is 70.8 Å². The van der Waals surface area contributed by atoms with Gasteiger partial charge in [-0.3, -0.25) is 9.68 Å². The van der Waals surface area contributed by atoms with Gasteiger partial charge in [0, 0.05) is 11.1 Å². The normalized spacial score (nSPS) is 10.0. The van der Waals surface area contributed by atoms with Crippen molar-refractivity contribution in [2.75, 3.05) is 0 Å². The molecule has 4 nitrogen and oxygen atoms in total. The van der Waals surface area contributed by atoms with Gasteiger partial charge in [0.15, 0.2) is 5.78 Å². The summed E-state index contributed by atoms with van der Waals surface area (Å²) in [6.45, 7) is 1.85. The zero-order valence-corrected chi connectivity index (χ0v) is 10.3. The molecule has 0 aliphatic carbocycles. The maximum atomic E-state index is 12.3. The van der Waals surface area contributed by atoms with Crippen molar-refractivity contribution in [3.63, 3.8) is 0 Å². The first kappa shape index (κ1) is 13.0. The van der Waals surface area contributed by atoms with Crippen LogP contribution in [0.2, 0.25) is 0 Å². The van der Waals surface area contributed by atoms with E-state index in [9.17, 15) is 9.59 Å². The fourth-order valence-electron chi connectivity index (χ4n) is 1.82. The standard InChI is InChI=1S/C15H12O4/c1-10-5-2-3-8-13(10)14(16)11-6-4-7-12(9-11)15(17)19-18/h2-9,18H,1H3. The van der Waals surface area contributed by atoms with E-state index >= 15 is 0 Å². The van der Waals surface area contributed by atoms with Crippen molar-refractivity contribution in [2.24, 2.45) is 0 Å². The minimum absolute atomic E-state index is 0.127. The molecule has 96 valence electrons. The van der Waals surface area contributed by atoms with Crippen LogP contribution in [0.15, 0.2) is 48.5 Å². The second-order valence-electron chi connectivity index (χ2n) is 4.10. The van der Waals surface area contributed by atoms with Gasteiger partial charge in [0.05, 0.1) is 5.56 Å². The molecule has 0 spiro atoms. The first-order valence-corrected chi connectivity index (χ1v) is 5.69. The van der Waals surface area contributed by atoms with Gasteiger partial charge in [-0.05, 0) is 24.6 Å². The average Bonchev–Trinajstić information content (AvgIpc) is 2.46. The Morgan fingerprint density at radius 1 is 1.00 bits per heavy atom. The Labute approximate surface area is 110 Å². The Kier molecular flexibility index (Phi) is 3.73. The van der Waals surface area contributed by atoms with Gasteiger partial charge in [-0.15, -0.1) is 0 Å². The summed E-state index contributed by atoms with van der Waals surface area (Å²) in [5.41, 5.74) is 1.94. The lowest BCUT2D eigenvalue weighted by atomic mass is 9.98. The molecule has 1 N–H and O–H groups in total. The summed E-state index contributed by atoms with van der Waals surface area (Å²) in [5.74, 6) is -1.06. The molecule has 2 rings (SSSR count). The van der Waals surface area contributed by atoms with Crippen LogP contribution in [-0.4, -0.2) is 17.0 Å². The molecule has 0 heterocycles. The first-order valence-electron chi connectivity index (χ1n) is 5.69. The number of benzene rings is 2. The van der Waals surface area contributed by atoms with Gasteiger partial charge in [0.25, 0.3) is 0 Å². The molecule has 0 amide bonds. The summed E-state index contributed by atoms with van der Waals surface area (Å²) in [4.78, 5) is 27.2. The second kappa shape index (κ2) is 5.46. The maximum absolute atomic E-state index is 12.3. The van der Waals surface area contributed by atoms with Crippen LogP contribution in [-0.2, 0) is 4.89 Å². The maximum Gasteiger partial charge on any atom is 0.372 e. The average molecular weight is 256 g/mol. The molecule has 0 aromatic heterocycles. The Morgan fingerprint density at radius 2 is 1.68 bits per heavy atom. The van der Waals surface area contributed by atoms with Gasteiger partial charge in [-0.25, -0.2) is 4.79 Å². The van der Waals surface area contributed by atoms with E-state index in [4.69, 9.17) is 5.26 Å². The van der Waals surface area contributed by atoms with Crippen molar-refractivity contribution >= 4 is 11.8 Å². The molecule has 0 fully saturated rings. The number of hydrogen-bond acceptors (Lipinski definition) is 4. The highest BCUT2D eigenvalue weighted by Crippen LogP contribution is 2.15. The Balaban J connectivity index is 2.40. The smallest absolute Gasteiger partial charge is 0.296 e. The van der Waals surface area contributed by atoms with Crippen LogP contribution in [0.1, 0.15) is 31.8 Å². The SMILES string of the molecule is Cc1ccccc1C(=O)c1cccc(C(=O)OO)c1. The Bertz CT molecular complexity index is 632. The summed E-state index contributed by atoms with van der Waals surface area (Å²) in [6.07, 6.45) is 0. The van der Waals surface area contributed by atoms with E-state index in [1.807, 2.05) is 19.1 Å². The Morgan fingerprint density at radius 3 is 2.37 bits per heavy atom. The van der Waals surface area contributed by atoms with E-state index in [1.54, 1.807) is 24.3 Å². The monoisotopic (exact) mass is 256 g/mol. The van der Waals surface area contributed by atoms with Crippen LogP contribution in [0.25, 0.3) is 0 Å². The summed E-state index contributed by atoms with van der Waals surface area (Å²) in [5, 5.41) is 8.34. The highest BCUT2D eigenvalue weighted by Gasteiger charge is 2.14. The Hall–Kier alpha value is -2.46. The predicted molar refractivity (Wildman–Crippen MR) is 69.1 cm³/mol. The third kappa shape index (κ3) is 2.69. The fourth-order valence-corrected chi connectivity index (χ4v) is 1.82. The van der Waals surface area contributed by atoms with E-state index in [-0.39, 0.29) is 11.3 Å². The van der Waals surface area contributed by atoms with Gasteiger partial charge in [0.1, 0.15) is 0 Å². The molecule has 19 heavy (non-hydrogen) atoms. The van der Waals surface area contributed by atoms with Crippen molar-refractivity contribution in [2.45, 2.75) is 6.92 Å². The van der Waals surface area contributed by atoms with E-state index < -0.39 is 5.97 Å². The van der Waals surface area contributed by atoms with Crippen LogP contribution in [0.3, 0.4) is 0 Å². The highest BCUT2D eigenvalue weighted by molar-refractivity contribution is 6.10. The predicted octanol–water partition coefficient (Wildman–Crippen LogP) is 2.86. The molecule has 4 heteroatoms. The molecule has 0 radical (unpaired) electrons. The van der Waals surface area contributed by atoms with Crippen LogP contribution < -0.4 is 0 Å². The summed E-state index contributed by atoms with van der Waals surface area (Å²) in [6, 6.07) is 13.3. The summed E-state index contributed by atoms with van der Waals surface area (Å²) in [7, 11) is 0. The number of rotatable bonds is 3. The highest BCUT2D eigenvalue weighted by atomic mass is 17.1. The van der Waals surface area contributed by atoms with Gasteiger partial charge < -0.3 is 0 Å². The van der Waals surface area contributed by atoms with Crippen LogP contribution in [0.4, 0.5) is 0 Å². The molecule has 0 saturated carbocycles. The third-order valence-electron chi connectivity index (χ3n) is 2.83. The van der Waals surface area contributed by atoms with E-state index in [0.717, 1.165) is 5.56 Å². The molecule has 2 aromatic carbocycles. The van der Waals surface area contributed by atoms with Crippen LogP contribution in [0.5, 0.6) is 0 Å². The van der Waals surface area contributed by atoms with E-state index in [1.165, 1.54) is 12.1 Å². The summed E-state index contributed by atoms with van der Waals surface area (Å²) >= 11 is 0. The quantitative estimate of drug-likeness (QED) is 0.521. The molecule has 2 aromatic rings. The van der Waals surface area contributed by atoms with Crippen molar-refractivity contribution in [1.29, 1.82) is 0 Å². The minimum atomic E-state index is -0.889. The van der Waals surface area contributed by atoms with Crippen molar-refractivity contribution in [3.8, 4) is 0 Å². The lowest BCUT2D eigenvalue weighted by Gasteiger charge is -2.05. The number of aryl methyl sites for hydroxylation is 1.